The molecule has 1 unspecified atom stereocenters. The van der Waals surface area contributed by atoms with Crippen LogP contribution >= 0.6 is 0 Å². The topological polar surface area (TPSA) is 34.2 Å². The summed E-state index contributed by atoms with van der Waals surface area (Å²) in [7, 11) is 1.56. The fourth-order valence-electron chi connectivity index (χ4n) is 2.31. The van der Waals surface area contributed by atoms with Crippen molar-refractivity contribution >= 4 is 0 Å². The summed E-state index contributed by atoms with van der Waals surface area (Å²) in [5.41, 5.74) is 1.21. The van der Waals surface area contributed by atoms with Gasteiger partial charge >= 0.3 is 0 Å². The highest BCUT2D eigenvalue weighted by atomic mass is 19.1. The van der Waals surface area contributed by atoms with Crippen molar-refractivity contribution in [3.05, 3.63) is 59.4 Å². The largest absolute Gasteiger partial charge is 0.495 e. The van der Waals surface area contributed by atoms with Gasteiger partial charge in [-0.2, -0.15) is 0 Å². The van der Waals surface area contributed by atoms with Crippen LogP contribution in [0.25, 0.3) is 0 Å². The number of ether oxygens (including phenoxy) is 1. The molecule has 3 nitrogen and oxygen atoms in total. The maximum atomic E-state index is 13.8. The number of aromatic nitrogens is 1. The molecule has 1 atom stereocenters. The minimum atomic E-state index is -0.441. The van der Waals surface area contributed by atoms with Gasteiger partial charge in [0.05, 0.1) is 13.3 Å². The molecule has 1 aromatic heterocycles. The molecule has 1 heterocycles. The van der Waals surface area contributed by atoms with E-state index in [0.29, 0.717) is 24.3 Å². The molecule has 0 aliphatic rings. The van der Waals surface area contributed by atoms with Gasteiger partial charge in [-0.25, -0.2) is 8.78 Å². The highest BCUT2D eigenvalue weighted by Crippen LogP contribution is 2.27. The van der Waals surface area contributed by atoms with E-state index in [9.17, 15) is 8.78 Å². The molecule has 0 saturated heterocycles. The van der Waals surface area contributed by atoms with Crippen LogP contribution in [0.2, 0.25) is 0 Å². The van der Waals surface area contributed by atoms with E-state index < -0.39 is 11.6 Å². The van der Waals surface area contributed by atoms with E-state index in [1.54, 1.807) is 19.5 Å². The smallest absolute Gasteiger partial charge is 0.141 e. The van der Waals surface area contributed by atoms with E-state index >= 15 is 0 Å². The molecule has 21 heavy (non-hydrogen) atoms. The van der Waals surface area contributed by atoms with Crippen molar-refractivity contribution in [2.45, 2.75) is 19.4 Å². The molecule has 0 radical (unpaired) electrons. The predicted octanol–water partition coefficient (Wildman–Crippen LogP) is 3.26. The Morgan fingerprint density at radius 2 is 2.10 bits per heavy atom. The van der Waals surface area contributed by atoms with Crippen LogP contribution in [0.4, 0.5) is 8.78 Å². The molecule has 0 aliphatic carbocycles. The van der Waals surface area contributed by atoms with Gasteiger partial charge in [-0.1, -0.05) is 6.92 Å². The van der Waals surface area contributed by atoms with Gasteiger partial charge in [0.2, 0.25) is 0 Å². The number of pyridine rings is 1. The SMILES string of the molecule is CCNC(Cc1cc(F)ccc1F)c1ccncc1OC. The van der Waals surface area contributed by atoms with Crippen molar-refractivity contribution in [3.8, 4) is 5.75 Å². The van der Waals surface area contributed by atoms with Gasteiger partial charge in [0, 0.05) is 17.8 Å². The third-order valence-corrected chi connectivity index (χ3v) is 3.29. The zero-order valence-electron chi connectivity index (χ0n) is 12.1. The first-order chi connectivity index (χ1) is 10.2. The Labute approximate surface area is 123 Å². The Morgan fingerprint density at radius 1 is 1.29 bits per heavy atom. The number of hydrogen-bond donors (Lipinski definition) is 1. The highest BCUT2D eigenvalue weighted by Gasteiger charge is 2.18. The van der Waals surface area contributed by atoms with Crippen LogP contribution < -0.4 is 10.1 Å². The minimum Gasteiger partial charge on any atom is -0.495 e. The van der Waals surface area contributed by atoms with Crippen LogP contribution in [0.5, 0.6) is 5.75 Å². The zero-order valence-corrected chi connectivity index (χ0v) is 12.1. The number of benzene rings is 1. The summed E-state index contributed by atoms with van der Waals surface area (Å²) in [5.74, 6) is -0.226. The summed E-state index contributed by atoms with van der Waals surface area (Å²) < 4.78 is 32.4. The first-order valence-corrected chi connectivity index (χ1v) is 6.81. The molecular formula is C16H18F2N2O. The van der Waals surface area contributed by atoms with Crippen LogP contribution in [0.1, 0.15) is 24.1 Å². The third-order valence-electron chi connectivity index (χ3n) is 3.29. The van der Waals surface area contributed by atoms with E-state index in [2.05, 4.69) is 10.3 Å². The molecule has 0 spiro atoms. The van der Waals surface area contributed by atoms with Crippen LogP contribution in [-0.2, 0) is 6.42 Å². The third kappa shape index (κ3) is 3.76. The molecule has 112 valence electrons. The molecule has 0 aliphatic heterocycles. The van der Waals surface area contributed by atoms with Crippen molar-refractivity contribution < 1.29 is 13.5 Å². The number of nitrogens with one attached hydrogen (secondary N) is 1. The highest BCUT2D eigenvalue weighted by molar-refractivity contribution is 5.34. The van der Waals surface area contributed by atoms with Crippen molar-refractivity contribution in [2.24, 2.45) is 0 Å². The average Bonchev–Trinajstić information content (AvgIpc) is 2.50. The zero-order chi connectivity index (χ0) is 15.2. The van der Waals surface area contributed by atoms with E-state index in [1.165, 1.54) is 6.07 Å². The molecule has 2 aromatic rings. The van der Waals surface area contributed by atoms with Gasteiger partial charge in [-0.15, -0.1) is 0 Å². The lowest BCUT2D eigenvalue weighted by molar-refractivity contribution is 0.396. The minimum absolute atomic E-state index is 0.177. The van der Waals surface area contributed by atoms with Gasteiger partial charge in [0.1, 0.15) is 17.4 Å². The lowest BCUT2D eigenvalue weighted by atomic mass is 9.98. The van der Waals surface area contributed by atoms with Crippen molar-refractivity contribution in [1.82, 2.24) is 10.3 Å². The first-order valence-electron chi connectivity index (χ1n) is 6.81. The molecule has 1 N–H and O–H groups in total. The second-order valence-corrected chi connectivity index (χ2v) is 4.67. The summed E-state index contributed by atoms with van der Waals surface area (Å²) in [5, 5.41) is 3.27. The molecule has 0 fully saturated rings. The summed E-state index contributed by atoms with van der Waals surface area (Å²) in [6, 6.07) is 5.15. The van der Waals surface area contributed by atoms with Crippen LogP contribution in [0.15, 0.2) is 36.7 Å². The molecule has 2 rings (SSSR count). The number of halogens is 2. The quantitative estimate of drug-likeness (QED) is 0.887. The van der Waals surface area contributed by atoms with Crippen molar-refractivity contribution in [1.29, 1.82) is 0 Å². The Morgan fingerprint density at radius 3 is 2.81 bits per heavy atom. The summed E-state index contributed by atoms with van der Waals surface area (Å²) in [6.07, 6.45) is 3.60. The second-order valence-electron chi connectivity index (χ2n) is 4.67. The normalized spacial score (nSPS) is 12.2. The number of methoxy groups -OCH3 is 1. The van der Waals surface area contributed by atoms with Crippen LogP contribution in [0, 0.1) is 11.6 Å². The summed E-state index contributed by atoms with van der Waals surface area (Å²) >= 11 is 0. The monoisotopic (exact) mass is 292 g/mol. The Bertz CT molecular complexity index is 605. The van der Waals surface area contributed by atoms with Crippen LogP contribution in [-0.4, -0.2) is 18.6 Å². The lowest BCUT2D eigenvalue weighted by Crippen LogP contribution is -2.24. The van der Waals surface area contributed by atoms with Crippen LogP contribution in [0.3, 0.4) is 0 Å². The van der Waals surface area contributed by atoms with E-state index in [4.69, 9.17) is 4.74 Å². The average molecular weight is 292 g/mol. The number of nitrogens with zero attached hydrogens (tertiary/aromatic N) is 1. The standard InChI is InChI=1S/C16H18F2N2O/c1-3-20-15(13-6-7-19-10-16(13)21-2)9-11-8-12(17)4-5-14(11)18/h4-8,10,15,20H,3,9H2,1-2H3. The van der Waals surface area contributed by atoms with Gasteiger partial charge in [-0.05, 0) is 42.8 Å². The number of likely N-dealkylation sites (N-methyl/N-ethyl adjacent to an activating group) is 1. The Hall–Kier alpha value is -2.01. The Kier molecular flexibility index (Phi) is 5.22. The fourth-order valence-corrected chi connectivity index (χ4v) is 2.31. The molecule has 1 aromatic carbocycles. The fraction of sp³-hybridized carbons (Fsp3) is 0.312. The van der Waals surface area contributed by atoms with E-state index in [0.717, 1.165) is 17.7 Å². The summed E-state index contributed by atoms with van der Waals surface area (Å²) in [6.45, 7) is 2.66. The molecule has 0 saturated carbocycles. The van der Waals surface area contributed by atoms with Gasteiger partial charge in [-0.3, -0.25) is 4.98 Å². The van der Waals surface area contributed by atoms with Gasteiger partial charge in [0.25, 0.3) is 0 Å². The molecule has 0 amide bonds. The molecule has 0 bridgehead atoms. The Balaban J connectivity index is 2.33. The second kappa shape index (κ2) is 7.13. The predicted molar refractivity (Wildman–Crippen MR) is 77.3 cm³/mol. The summed E-state index contributed by atoms with van der Waals surface area (Å²) in [4.78, 5) is 4.01. The number of hydrogen-bond acceptors (Lipinski definition) is 3. The molecular weight excluding hydrogens is 274 g/mol. The first kappa shape index (κ1) is 15.4. The van der Waals surface area contributed by atoms with Crippen molar-refractivity contribution in [2.75, 3.05) is 13.7 Å². The maximum Gasteiger partial charge on any atom is 0.141 e. The maximum absolute atomic E-state index is 13.8. The molecule has 5 heteroatoms. The van der Waals surface area contributed by atoms with Gasteiger partial charge in [0.15, 0.2) is 0 Å². The number of rotatable bonds is 6. The van der Waals surface area contributed by atoms with E-state index in [-0.39, 0.29) is 6.04 Å². The van der Waals surface area contributed by atoms with Gasteiger partial charge < -0.3 is 10.1 Å². The van der Waals surface area contributed by atoms with Crippen molar-refractivity contribution in [3.63, 3.8) is 0 Å². The van der Waals surface area contributed by atoms with E-state index in [1.807, 2.05) is 13.0 Å². The lowest BCUT2D eigenvalue weighted by Gasteiger charge is -2.20.